The number of nitrogens with one attached hydrogen (secondary N) is 1. The summed E-state index contributed by atoms with van der Waals surface area (Å²) in [6.45, 7) is 8.35. The minimum Gasteiger partial charge on any atom is -0.317 e. The highest BCUT2D eigenvalue weighted by atomic mass is 79.9. The topological polar surface area (TPSA) is 46.4 Å². The molecule has 3 aromatic carbocycles. The van der Waals surface area contributed by atoms with Gasteiger partial charge in [0, 0.05) is 44.2 Å². The van der Waals surface area contributed by atoms with Crippen LogP contribution in [0, 0.1) is 27.7 Å². The van der Waals surface area contributed by atoms with Crippen LogP contribution in [0.3, 0.4) is 0 Å². The number of thioether (sulfide) groups is 1. The van der Waals surface area contributed by atoms with Crippen molar-refractivity contribution in [1.82, 2.24) is 9.99 Å². The van der Waals surface area contributed by atoms with Gasteiger partial charge in [-0.2, -0.15) is 16.9 Å². The third-order valence-corrected chi connectivity index (χ3v) is 8.11. The molecule has 0 bridgehead atoms. The first kappa shape index (κ1) is 26.0. The van der Waals surface area contributed by atoms with E-state index in [9.17, 15) is 4.79 Å². The van der Waals surface area contributed by atoms with Gasteiger partial charge in [-0.25, -0.2) is 5.43 Å². The van der Waals surface area contributed by atoms with Crippen molar-refractivity contribution >= 4 is 39.8 Å². The number of halogens is 1. The summed E-state index contributed by atoms with van der Waals surface area (Å²) in [4.78, 5) is 12.6. The molecule has 1 amide bonds. The van der Waals surface area contributed by atoms with Gasteiger partial charge in [-0.05, 0) is 90.1 Å². The van der Waals surface area contributed by atoms with Crippen molar-refractivity contribution < 1.29 is 4.79 Å². The Labute approximate surface area is 226 Å². The number of nitrogens with zero attached hydrogens (tertiary/aromatic N) is 2. The molecule has 4 rings (SSSR count). The monoisotopic (exact) mass is 559 g/mol. The number of amides is 1. The Morgan fingerprint density at radius 1 is 0.889 bits per heavy atom. The molecule has 6 heteroatoms. The molecule has 4 aromatic rings. The van der Waals surface area contributed by atoms with Crippen molar-refractivity contribution in [3.63, 3.8) is 0 Å². The summed E-state index contributed by atoms with van der Waals surface area (Å²) >= 11 is 5.58. The molecule has 0 radical (unpaired) electrons. The lowest BCUT2D eigenvalue weighted by atomic mass is 10.1. The first-order chi connectivity index (χ1) is 17.3. The SMILES string of the molecule is Cc1cc(C)cc(-n2c(C)c(Br)c(/C=N\NC(=O)c3ccc(CSCc4ccccc4)cc3)c2C)c1. The largest absolute Gasteiger partial charge is 0.317 e. The Hall–Kier alpha value is -3.09. The molecular formula is C30H30BrN3OS. The molecule has 0 saturated heterocycles. The van der Waals surface area contributed by atoms with Gasteiger partial charge in [0.15, 0.2) is 0 Å². The fourth-order valence-electron chi connectivity index (χ4n) is 4.27. The van der Waals surface area contributed by atoms with Crippen LogP contribution in [0.15, 0.2) is 82.4 Å². The Kier molecular flexibility index (Phi) is 8.49. The third kappa shape index (κ3) is 6.18. The number of hydrogen-bond donors (Lipinski definition) is 1. The van der Waals surface area contributed by atoms with E-state index in [-0.39, 0.29) is 5.91 Å². The van der Waals surface area contributed by atoms with Crippen LogP contribution in [0.25, 0.3) is 5.69 Å². The van der Waals surface area contributed by atoms with Crippen molar-refractivity contribution in [1.29, 1.82) is 0 Å². The number of carbonyl (C=O) groups is 1. The van der Waals surface area contributed by atoms with Gasteiger partial charge in [0.05, 0.1) is 6.21 Å². The highest BCUT2D eigenvalue weighted by molar-refractivity contribution is 9.10. The predicted molar refractivity (Wildman–Crippen MR) is 155 cm³/mol. The second-order valence-electron chi connectivity index (χ2n) is 8.95. The van der Waals surface area contributed by atoms with Gasteiger partial charge in [0.2, 0.25) is 0 Å². The molecule has 1 aromatic heterocycles. The van der Waals surface area contributed by atoms with Gasteiger partial charge < -0.3 is 4.57 Å². The van der Waals surface area contributed by atoms with E-state index in [1.807, 2.05) is 42.1 Å². The Morgan fingerprint density at radius 3 is 2.14 bits per heavy atom. The van der Waals surface area contributed by atoms with Crippen LogP contribution in [0.5, 0.6) is 0 Å². The lowest BCUT2D eigenvalue weighted by Gasteiger charge is -2.11. The van der Waals surface area contributed by atoms with E-state index >= 15 is 0 Å². The molecule has 0 fully saturated rings. The zero-order chi connectivity index (χ0) is 25.7. The van der Waals surface area contributed by atoms with Crippen LogP contribution in [0.2, 0.25) is 0 Å². The summed E-state index contributed by atoms with van der Waals surface area (Å²) in [5.41, 5.74) is 12.4. The fraction of sp³-hybridized carbons (Fsp3) is 0.200. The maximum absolute atomic E-state index is 12.6. The molecule has 0 unspecified atom stereocenters. The van der Waals surface area contributed by atoms with Crippen LogP contribution < -0.4 is 5.43 Å². The Bertz CT molecular complexity index is 1370. The van der Waals surface area contributed by atoms with E-state index in [0.29, 0.717) is 5.56 Å². The van der Waals surface area contributed by atoms with Gasteiger partial charge in [-0.15, -0.1) is 0 Å². The summed E-state index contributed by atoms with van der Waals surface area (Å²) in [7, 11) is 0. The standard InChI is InChI=1S/C30H30BrN3OS/c1-20-14-21(2)16-27(15-20)34-22(3)28(29(31)23(34)4)17-32-33-30(35)26-12-10-25(11-13-26)19-36-18-24-8-6-5-7-9-24/h5-17H,18-19H2,1-4H3,(H,33,35)/b32-17-. The van der Waals surface area contributed by atoms with E-state index in [1.54, 1.807) is 6.21 Å². The molecular weight excluding hydrogens is 530 g/mol. The molecule has 1 N–H and O–H groups in total. The van der Waals surface area contributed by atoms with Crippen molar-refractivity contribution in [3.05, 3.63) is 122 Å². The molecule has 0 aliphatic heterocycles. The van der Waals surface area contributed by atoms with E-state index in [0.717, 1.165) is 38.6 Å². The number of hydrazone groups is 1. The van der Waals surface area contributed by atoms with Crippen molar-refractivity contribution in [3.8, 4) is 5.69 Å². The van der Waals surface area contributed by atoms with Crippen molar-refractivity contribution in [2.75, 3.05) is 0 Å². The summed E-state index contributed by atoms with van der Waals surface area (Å²) in [5.74, 6) is 1.64. The van der Waals surface area contributed by atoms with Crippen LogP contribution in [-0.2, 0) is 11.5 Å². The Morgan fingerprint density at radius 2 is 1.50 bits per heavy atom. The molecule has 184 valence electrons. The van der Waals surface area contributed by atoms with Crippen LogP contribution >= 0.6 is 27.7 Å². The van der Waals surface area contributed by atoms with Crippen LogP contribution in [0.1, 0.15) is 49.6 Å². The number of aryl methyl sites for hydroxylation is 2. The highest BCUT2D eigenvalue weighted by Gasteiger charge is 2.16. The fourth-order valence-corrected chi connectivity index (χ4v) is 5.80. The zero-order valence-corrected chi connectivity index (χ0v) is 23.4. The number of hydrogen-bond acceptors (Lipinski definition) is 3. The van der Waals surface area contributed by atoms with Crippen LogP contribution in [-0.4, -0.2) is 16.7 Å². The lowest BCUT2D eigenvalue weighted by molar-refractivity contribution is 0.0955. The average Bonchev–Trinajstić information content (AvgIpc) is 3.07. The number of benzene rings is 3. The molecule has 4 nitrogen and oxygen atoms in total. The minimum atomic E-state index is -0.228. The average molecular weight is 561 g/mol. The van der Waals surface area contributed by atoms with E-state index in [2.05, 4.69) is 101 Å². The summed E-state index contributed by atoms with van der Waals surface area (Å²) in [6, 6.07) is 24.7. The van der Waals surface area contributed by atoms with E-state index in [4.69, 9.17) is 0 Å². The van der Waals surface area contributed by atoms with E-state index < -0.39 is 0 Å². The Balaban J connectivity index is 1.39. The molecule has 0 saturated carbocycles. The normalized spacial score (nSPS) is 11.2. The summed E-state index contributed by atoms with van der Waals surface area (Å²) in [6.07, 6.45) is 1.71. The minimum absolute atomic E-state index is 0.228. The van der Waals surface area contributed by atoms with E-state index in [1.165, 1.54) is 22.3 Å². The van der Waals surface area contributed by atoms with Gasteiger partial charge >= 0.3 is 0 Å². The number of aromatic nitrogens is 1. The van der Waals surface area contributed by atoms with Crippen molar-refractivity contribution in [2.24, 2.45) is 5.10 Å². The maximum Gasteiger partial charge on any atom is 0.271 e. The molecule has 1 heterocycles. The second-order valence-corrected chi connectivity index (χ2v) is 10.7. The number of carbonyl (C=O) groups excluding carboxylic acids is 1. The smallest absolute Gasteiger partial charge is 0.271 e. The first-order valence-corrected chi connectivity index (χ1v) is 13.8. The molecule has 0 spiro atoms. The third-order valence-electron chi connectivity index (χ3n) is 6.04. The zero-order valence-electron chi connectivity index (χ0n) is 21.0. The van der Waals surface area contributed by atoms with Crippen LogP contribution in [0.4, 0.5) is 0 Å². The first-order valence-electron chi connectivity index (χ1n) is 11.8. The quantitative estimate of drug-likeness (QED) is 0.178. The summed E-state index contributed by atoms with van der Waals surface area (Å²) < 4.78 is 3.18. The highest BCUT2D eigenvalue weighted by Crippen LogP contribution is 2.30. The molecule has 0 aliphatic carbocycles. The second kappa shape index (κ2) is 11.8. The van der Waals surface area contributed by atoms with Gasteiger partial charge in [-0.1, -0.05) is 48.5 Å². The molecule has 36 heavy (non-hydrogen) atoms. The van der Waals surface area contributed by atoms with Crippen molar-refractivity contribution in [2.45, 2.75) is 39.2 Å². The number of rotatable bonds is 8. The van der Waals surface area contributed by atoms with Gasteiger partial charge in [0.1, 0.15) is 0 Å². The summed E-state index contributed by atoms with van der Waals surface area (Å²) in [5, 5.41) is 4.26. The van der Waals surface area contributed by atoms with Gasteiger partial charge in [-0.3, -0.25) is 4.79 Å². The maximum atomic E-state index is 12.6. The lowest BCUT2D eigenvalue weighted by Crippen LogP contribution is -2.17. The molecule has 0 aliphatic rings. The van der Waals surface area contributed by atoms with Gasteiger partial charge in [0.25, 0.3) is 5.91 Å². The predicted octanol–water partition coefficient (Wildman–Crippen LogP) is 7.67. The molecule has 0 atom stereocenters.